The van der Waals surface area contributed by atoms with E-state index in [0.29, 0.717) is 6.42 Å². The molecule has 0 saturated heterocycles. The van der Waals surface area contributed by atoms with Crippen LogP contribution in [0.3, 0.4) is 0 Å². The molecule has 3 fully saturated rings. The Labute approximate surface area is 210 Å². The highest BCUT2D eigenvalue weighted by Gasteiger charge is 2.70. The lowest BCUT2D eigenvalue weighted by Crippen LogP contribution is -2.62. The molecule has 0 spiro atoms. The number of hydrogen-bond donors (Lipinski definition) is 2. The van der Waals surface area contributed by atoms with Crippen molar-refractivity contribution in [2.45, 2.75) is 76.3 Å². The number of aliphatic hydroxyl groups excluding tert-OH is 1. The van der Waals surface area contributed by atoms with Crippen LogP contribution in [-0.2, 0) is 9.59 Å². The largest absolute Gasteiger partial charge is 0.393 e. The molecular weight excluding hydrogens is 466 g/mol. The quantitative estimate of drug-likeness (QED) is 0.583. The number of thioether (sulfide) groups is 1. The van der Waals surface area contributed by atoms with Crippen molar-refractivity contribution < 1.29 is 19.8 Å². The Morgan fingerprint density at radius 2 is 2.06 bits per heavy atom. The number of aryl methyl sites for hydroxylation is 2. The second kappa shape index (κ2) is 8.12. The molecule has 6 unspecified atom stereocenters. The summed E-state index contributed by atoms with van der Waals surface area (Å²) < 4.78 is 0.862. The fourth-order valence-electron chi connectivity index (χ4n) is 8.00. The molecule has 4 aliphatic carbocycles. The molecule has 184 valence electrons. The summed E-state index contributed by atoms with van der Waals surface area (Å²) in [6, 6.07) is 0. The minimum absolute atomic E-state index is 0.00442. The maximum absolute atomic E-state index is 13.7. The van der Waals surface area contributed by atoms with E-state index < -0.39 is 17.1 Å². The summed E-state index contributed by atoms with van der Waals surface area (Å²) >= 11 is 3.00. The van der Waals surface area contributed by atoms with E-state index in [2.05, 4.69) is 11.9 Å². The first-order valence-electron chi connectivity index (χ1n) is 12.4. The predicted octanol–water partition coefficient (Wildman–Crippen LogP) is 4.68. The zero-order valence-electron chi connectivity index (χ0n) is 20.6. The Morgan fingerprint density at radius 3 is 2.74 bits per heavy atom. The first kappa shape index (κ1) is 24.4. The average molecular weight is 502 g/mol. The Balaban J connectivity index is 1.43. The lowest BCUT2D eigenvalue weighted by molar-refractivity contribution is -0.179. The highest BCUT2D eigenvalue weighted by atomic mass is 32.2. The second-order valence-corrected chi connectivity index (χ2v) is 13.9. The molecule has 34 heavy (non-hydrogen) atoms. The van der Waals surface area contributed by atoms with Crippen LogP contribution in [-0.4, -0.2) is 44.2 Å². The van der Waals surface area contributed by atoms with Gasteiger partial charge in [0, 0.05) is 21.6 Å². The monoisotopic (exact) mass is 501 g/mol. The second-order valence-electron chi connectivity index (χ2n) is 11.4. The number of aromatic nitrogens is 1. The lowest BCUT2D eigenvalue weighted by Gasteiger charge is -2.59. The van der Waals surface area contributed by atoms with Crippen LogP contribution in [0.5, 0.6) is 0 Å². The molecule has 1 aromatic heterocycles. The third kappa shape index (κ3) is 3.30. The summed E-state index contributed by atoms with van der Waals surface area (Å²) in [4.78, 5) is 31.4. The summed E-state index contributed by atoms with van der Waals surface area (Å²) in [6.45, 7) is 10.2. The minimum atomic E-state index is -1.46. The Hall–Kier alpha value is -1.28. The van der Waals surface area contributed by atoms with Crippen LogP contribution < -0.4 is 0 Å². The molecule has 8 atom stereocenters. The number of allylic oxidation sites excluding steroid dienone is 4. The molecule has 0 radical (unpaired) electrons. The number of fused-ring (bicyclic) bond motifs is 5. The van der Waals surface area contributed by atoms with Crippen molar-refractivity contribution in [3.05, 3.63) is 34.4 Å². The molecule has 5 nitrogen and oxygen atoms in total. The van der Waals surface area contributed by atoms with Gasteiger partial charge in [-0.1, -0.05) is 44.2 Å². The molecule has 2 N–H and O–H groups in total. The van der Waals surface area contributed by atoms with Crippen molar-refractivity contribution in [3.63, 3.8) is 0 Å². The van der Waals surface area contributed by atoms with Crippen LogP contribution in [0.1, 0.15) is 57.0 Å². The van der Waals surface area contributed by atoms with Gasteiger partial charge in [-0.15, -0.1) is 11.3 Å². The van der Waals surface area contributed by atoms with Crippen molar-refractivity contribution in [3.8, 4) is 0 Å². The minimum Gasteiger partial charge on any atom is -0.393 e. The highest BCUT2D eigenvalue weighted by molar-refractivity contribution is 8.01. The van der Waals surface area contributed by atoms with Crippen LogP contribution >= 0.6 is 23.1 Å². The number of carbonyl (C=O) groups excluding carboxylic acids is 2. The average Bonchev–Trinajstić information content (AvgIpc) is 3.20. The fourth-order valence-corrected chi connectivity index (χ4v) is 10.1. The molecule has 3 saturated carbocycles. The molecule has 0 aromatic carbocycles. The van der Waals surface area contributed by atoms with E-state index in [1.165, 1.54) is 11.8 Å². The number of aliphatic hydroxyl groups is 2. The van der Waals surface area contributed by atoms with Crippen LogP contribution in [0.25, 0.3) is 0 Å². The van der Waals surface area contributed by atoms with Gasteiger partial charge in [0.15, 0.2) is 15.9 Å². The normalized spacial score (nSPS) is 43.2. The van der Waals surface area contributed by atoms with Crippen molar-refractivity contribution in [1.82, 2.24) is 4.98 Å². The molecular formula is C27H35NO4S2. The van der Waals surface area contributed by atoms with Crippen molar-refractivity contribution in [2.75, 3.05) is 5.75 Å². The first-order chi connectivity index (χ1) is 15.9. The number of carbonyl (C=O) groups is 2. The standard InChI is InChI=1S/C27H35NO4S2/c1-14-10-20-19-7-6-17-11-18(29)8-9-25(17,4)23(19)21(30)12-26(20,5)27(14,32)22(31)13-33-24-28-15(2)16(3)34-24/h8-9,11,14,19-21,23,30,32H,6-7,10,12-13H2,1-5H3/t14-,19?,20?,21?,23?,25?,26?,27+/m1/s1. The lowest BCUT2D eigenvalue weighted by atomic mass is 9.46. The van der Waals surface area contributed by atoms with E-state index in [9.17, 15) is 19.8 Å². The number of thiazole rings is 1. The maximum atomic E-state index is 13.7. The molecule has 5 rings (SSSR count). The van der Waals surface area contributed by atoms with Crippen molar-refractivity contribution in [2.24, 2.45) is 34.5 Å². The first-order valence-corrected chi connectivity index (χ1v) is 14.2. The maximum Gasteiger partial charge on any atom is 0.178 e. The Kier molecular flexibility index (Phi) is 5.83. The van der Waals surface area contributed by atoms with E-state index in [4.69, 9.17) is 0 Å². The molecule has 4 aliphatic rings. The van der Waals surface area contributed by atoms with Crippen LogP contribution in [0.4, 0.5) is 0 Å². The number of nitrogens with zero attached hydrogens (tertiary/aromatic N) is 1. The summed E-state index contributed by atoms with van der Waals surface area (Å²) in [5.74, 6) is 0.258. The number of ketones is 2. The third-order valence-electron chi connectivity index (χ3n) is 9.84. The summed E-state index contributed by atoms with van der Waals surface area (Å²) in [5.41, 5.74) is -0.383. The Bertz CT molecular complexity index is 1090. The van der Waals surface area contributed by atoms with Crippen molar-refractivity contribution in [1.29, 1.82) is 0 Å². The van der Waals surface area contributed by atoms with Crippen molar-refractivity contribution >= 4 is 34.7 Å². The van der Waals surface area contributed by atoms with E-state index in [1.54, 1.807) is 23.5 Å². The number of hydrogen-bond acceptors (Lipinski definition) is 7. The topological polar surface area (TPSA) is 87.5 Å². The number of rotatable bonds is 4. The molecule has 7 heteroatoms. The van der Waals surface area contributed by atoms with Gasteiger partial charge < -0.3 is 10.2 Å². The molecule has 0 amide bonds. The Morgan fingerprint density at radius 1 is 1.32 bits per heavy atom. The fraction of sp³-hybridized carbons (Fsp3) is 0.667. The molecule has 1 heterocycles. The zero-order valence-corrected chi connectivity index (χ0v) is 22.3. The highest BCUT2D eigenvalue weighted by Crippen LogP contribution is 2.68. The predicted molar refractivity (Wildman–Crippen MR) is 135 cm³/mol. The van der Waals surface area contributed by atoms with E-state index >= 15 is 0 Å². The number of Topliss-reactive ketones (excluding diaryl/α,β-unsaturated/α-hetero) is 1. The summed E-state index contributed by atoms with van der Waals surface area (Å²) in [6.07, 6.45) is 7.65. The van der Waals surface area contributed by atoms with Crippen LogP contribution in [0.2, 0.25) is 0 Å². The SMILES string of the molecule is Cc1nc(SCC(=O)[C@@]2(O)[C@H](C)CC3C4CCC5=CC(=O)C=CC5(C)C4C(O)CC32C)sc1C. The van der Waals surface area contributed by atoms with E-state index in [0.717, 1.165) is 39.7 Å². The zero-order chi connectivity index (χ0) is 24.6. The molecule has 0 bridgehead atoms. The van der Waals surface area contributed by atoms with E-state index in [1.807, 2.05) is 33.8 Å². The summed E-state index contributed by atoms with van der Waals surface area (Å²) in [5, 5.41) is 23.6. The molecule has 0 aliphatic heterocycles. The van der Waals surface area contributed by atoms with Gasteiger partial charge >= 0.3 is 0 Å². The van der Waals surface area contributed by atoms with Gasteiger partial charge in [-0.25, -0.2) is 4.98 Å². The molecule has 1 aromatic rings. The summed E-state index contributed by atoms with van der Waals surface area (Å²) in [7, 11) is 0. The van der Waals surface area contributed by atoms with Gasteiger partial charge in [-0.2, -0.15) is 0 Å². The third-order valence-corrected chi connectivity index (χ3v) is 12.1. The van der Waals surface area contributed by atoms with Crippen LogP contribution in [0, 0.1) is 48.3 Å². The van der Waals surface area contributed by atoms with Gasteiger partial charge in [0.25, 0.3) is 0 Å². The van der Waals surface area contributed by atoms with Gasteiger partial charge in [-0.05, 0) is 69.4 Å². The van der Waals surface area contributed by atoms with Gasteiger partial charge in [0.05, 0.1) is 17.6 Å². The van der Waals surface area contributed by atoms with Gasteiger partial charge in [0.2, 0.25) is 0 Å². The van der Waals surface area contributed by atoms with Gasteiger partial charge in [0.1, 0.15) is 5.60 Å². The van der Waals surface area contributed by atoms with Gasteiger partial charge in [-0.3, -0.25) is 9.59 Å². The van der Waals surface area contributed by atoms with E-state index in [-0.39, 0.29) is 46.4 Å². The van der Waals surface area contributed by atoms with Crippen LogP contribution in [0.15, 0.2) is 28.1 Å². The smallest absolute Gasteiger partial charge is 0.178 e.